The van der Waals surface area contributed by atoms with Crippen molar-refractivity contribution in [3.8, 4) is 0 Å². The van der Waals surface area contributed by atoms with Crippen molar-refractivity contribution >= 4 is 8.07 Å². The lowest BCUT2D eigenvalue weighted by atomic mass is 10.2. The fourth-order valence-corrected chi connectivity index (χ4v) is 6.24. The lowest BCUT2D eigenvalue weighted by Gasteiger charge is -2.21. The molecule has 1 aromatic carbocycles. The van der Waals surface area contributed by atoms with Gasteiger partial charge in [0, 0.05) is 12.6 Å². The fraction of sp³-hybridized carbons (Fsp3) is 0.538. The molecule has 0 aromatic heterocycles. The van der Waals surface area contributed by atoms with E-state index in [1.807, 2.05) is 0 Å². The van der Waals surface area contributed by atoms with E-state index >= 15 is 0 Å². The molecule has 0 spiro atoms. The Morgan fingerprint density at radius 2 is 1.93 bits per heavy atom. The highest BCUT2D eigenvalue weighted by Gasteiger charge is 2.35. The summed E-state index contributed by atoms with van der Waals surface area (Å²) in [5, 5.41) is 0. The van der Waals surface area contributed by atoms with Crippen LogP contribution >= 0.6 is 0 Å². The van der Waals surface area contributed by atoms with E-state index < -0.39 is 8.07 Å². The van der Waals surface area contributed by atoms with Crippen LogP contribution in [-0.4, -0.2) is 25.2 Å². The topological polar surface area (TPSA) is 3.24 Å². The Balaban J connectivity index is 2.02. The third-order valence-corrected chi connectivity index (χ3v) is 6.29. The van der Waals surface area contributed by atoms with E-state index in [1.54, 1.807) is 0 Å². The van der Waals surface area contributed by atoms with Crippen LogP contribution in [-0.2, 0) is 6.54 Å². The normalized spacial score (nSPS) is 25.7. The van der Waals surface area contributed by atoms with Gasteiger partial charge in [0.1, 0.15) is 0 Å². The molecule has 1 fully saturated rings. The molecular formula is C13H21NSi. The van der Waals surface area contributed by atoms with Gasteiger partial charge in [-0.05, 0) is 24.7 Å². The summed E-state index contributed by atoms with van der Waals surface area (Å²) in [5.74, 6) is 0. The van der Waals surface area contributed by atoms with Crippen LogP contribution in [0.15, 0.2) is 30.3 Å². The third kappa shape index (κ3) is 2.70. The molecule has 2 rings (SSSR count). The molecule has 1 aromatic rings. The third-order valence-electron chi connectivity index (χ3n) is 3.33. The molecule has 1 nitrogen and oxygen atoms in total. The van der Waals surface area contributed by atoms with E-state index in [1.165, 1.54) is 17.8 Å². The van der Waals surface area contributed by atoms with Crippen LogP contribution in [0.4, 0.5) is 0 Å². The van der Waals surface area contributed by atoms with Crippen LogP contribution < -0.4 is 0 Å². The van der Waals surface area contributed by atoms with E-state index in [9.17, 15) is 0 Å². The number of benzene rings is 1. The molecule has 15 heavy (non-hydrogen) atoms. The van der Waals surface area contributed by atoms with E-state index in [0.29, 0.717) is 0 Å². The molecule has 82 valence electrons. The van der Waals surface area contributed by atoms with Crippen LogP contribution in [0.5, 0.6) is 0 Å². The predicted octanol–water partition coefficient (Wildman–Crippen LogP) is 3.14. The Hall–Kier alpha value is -0.603. The zero-order valence-electron chi connectivity index (χ0n) is 10.0. The Kier molecular flexibility index (Phi) is 2.98. The molecule has 1 saturated heterocycles. The first-order chi connectivity index (χ1) is 7.07. The van der Waals surface area contributed by atoms with Gasteiger partial charge in [0.2, 0.25) is 0 Å². The molecule has 0 saturated carbocycles. The first-order valence-corrected chi connectivity index (χ1v) is 9.26. The van der Waals surface area contributed by atoms with E-state index in [-0.39, 0.29) is 0 Å². The molecule has 1 aliphatic heterocycles. The molecule has 0 amide bonds. The molecular weight excluding hydrogens is 198 g/mol. The van der Waals surface area contributed by atoms with Crippen molar-refractivity contribution < 1.29 is 0 Å². The SMILES string of the molecule is CC1C[Si](C)(C)CN1Cc1ccccc1. The number of nitrogens with zero attached hydrogens (tertiary/aromatic N) is 1. The average molecular weight is 219 g/mol. The molecule has 2 heteroatoms. The first kappa shape index (κ1) is 10.9. The largest absolute Gasteiger partial charge is 0.299 e. The van der Waals surface area contributed by atoms with Crippen molar-refractivity contribution in [1.29, 1.82) is 0 Å². The molecule has 0 aliphatic carbocycles. The Bertz CT molecular complexity index is 321. The summed E-state index contributed by atoms with van der Waals surface area (Å²) in [6.07, 6.45) is 1.36. The maximum absolute atomic E-state index is 2.65. The van der Waals surface area contributed by atoms with Gasteiger partial charge in [0.15, 0.2) is 0 Å². The van der Waals surface area contributed by atoms with Gasteiger partial charge in [0.25, 0.3) is 0 Å². The van der Waals surface area contributed by atoms with E-state index in [2.05, 4.69) is 55.2 Å². The second kappa shape index (κ2) is 4.10. The standard InChI is InChI=1S/C13H21NSi/c1-12-10-15(2,3)11-14(12)9-13-7-5-4-6-8-13/h4-8,12H,9-11H2,1-3H3. The van der Waals surface area contributed by atoms with Crippen LogP contribution in [0, 0.1) is 0 Å². The highest BCUT2D eigenvalue weighted by Crippen LogP contribution is 2.27. The Labute approximate surface area is 94.1 Å². The molecule has 0 bridgehead atoms. The monoisotopic (exact) mass is 219 g/mol. The van der Waals surface area contributed by atoms with Crippen molar-refractivity contribution in [2.24, 2.45) is 0 Å². The van der Waals surface area contributed by atoms with Gasteiger partial charge in [-0.2, -0.15) is 0 Å². The van der Waals surface area contributed by atoms with E-state index in [0.717, 1.165) is 12.6 Å². The molecule has 1 aliphatic rings. The predicted molar refractivity (Wildman–Crippen MR) is 68.6 cm³/mol. The summed E-state index contributed by atoms with van der Waals surface area (Å²) in [6.45, 7) is 8.53. The summed E-state index contributed by atoms with van der Waals surface area (Å²) in [4.78, 5) is 2.65. The van der Waals surface area contributed by atoms with Crippen molar-refractivity contribution in [3.05, 3.63) is 35.9 Å². The Morgan fingerprint density at radius 1 is 1.27 bits per heavy atom. The maximum atomic E-state index is 2.65. The zero-order chi connectivity index (χ0) is 10.9. The zero-order valence-corrected chi connectivity index (χ0v) is 11.0. The molecule has 1 atom stereocenters. The smallest absolute Gasteiger partial charge is 0.0645 e. The first-order valence-electron chi connectivity index (χ1n) is 5.85. The summed E-state index contributed by atoms with van der Waals surface area (Å²) in [6, 6.07) is 13.1. The summed E-state index contributed by atoms with van der Waals surface area (Å²) >= 11 is 0. The summed E-state index contributed by atoms with van der Waals surface area (Å²) < 4.78 is 0. The van der Waals surface area contributed by atoms with Gasteiger partial charge in [0.05, 0.1) is 8.07 Å². The number of hydrogen-bond acceptors (Lipinski definition) is 1. The van der Waals surface area contributed by atoms with Crippen molar-refractivity contribution in [1.82, 2.24) is 4.90 Å². The van der Waals surface area contributed by atoms with Crippen molar-refractivity contribution in [2.75, 3.05) is 6.17 Å². The Morgan fingerprint density at radius 3 is 2.47 bits per heavy atom. The van der Waals surface area contributed by atoms with Crippen LogP contribution in [0.3, 0.4) is 0 Å². The summed E-state index contributed by atoms with van der Waals surface area (Å²) in [7, 11) is -0.894. The van der Waals surface area contributed by atoms with Crippen molar-refractivity contribution in [3.63, 3.8) is 0 Å². The molecule has 1 heterocycles. The van der Waals surface area contributed by atoms with Gasteiger partial charge in [-0.15, -0.1) is 0 Å². The molecule has 0 radical (unpaired) electrons. The number of rotatable bonds is 2. The second-order valence-electron chi connectivity index (χ2n) is 5.61. The fourth-order valence-electron chi connectivity index (χ4n) is 2.73. The van der Waals surface area contributed by atoms with Crippen LogP contribution in [0.1, 0.15) is 12.5 Å². The maximum Gasteiger partial charge on any atom is 0.0645 e. The molecule has 1 unspecified atom stereocenters. The van der Waals surface area contributed by atoms with Crippen LogP contribution in [0.2, 0.25) is 19.1 Å². The lowest BCUT2D eigenvalue weighted by molar-refractivity contribution is 0.270. The number of hydrogen-bond donors (Lipinski definition) is 0. The van der Waals surface area contributed by atoms with Gasteiger partial charge >= 0.3 is 0 Å². The van der Waals surface area contributed by atoms with Gasteiger partial charge < -0.3 is 0 Å². The van der Waals surface area contributed by atoms with Gasteiger partial charge in [-0.25, -0.2) is 0 Å². The van der Waals surface area contributed by atoms with Crippen LogP contribution in [0.25, 0.3) is 0 Å². The highest BCUT2D eigenvalue weighted by molar-refractivity contribution is 6.78. The van der Waals surface area contributed by atoms with E-state index in [4.69, 9.17) is 0 Å². The van der Waals surface area contributed by atoms with Gasteiger partial charge in [-0.1, -0.05) is 43.4 Å². The minimum Gasteiger partial charge on any atom is -0.299 e. The highest BCUT2D eigenvalue weighted by atomic mass is 28.3. The van der Waals surface area contributed by atoms with Crippen molar-refractivity contribution in [2.45, 2.75) is 38.6 Å². The minimum absolute atomic E-state index is 0.784. The minimum atomic E-state index is -0.894. The quantitative estimate of drug-likeness (QED) is 0.691. The average Bonchev–Trinajstić information content (AvgIpc) is 2.41. The molecule has 0 N–H and O–H groups in total. The second-order valence-corrected chi connectivity index (χ2v) is 10.7. The lowest BCUT2D eigenvalue weighted by Crippen LogP contribution is -2.32. The summed E-state index contributed by atoms with van der Waals surface area (Å²) in [5.41, 5.74) is 1.45. The van der Waals surface area contributed by atoms with Gasteiger partial charge in [-0.3, -0.25) is 4.90 Å².